The smallest absolute Gasteiger partial charge is 0.310 e. The lowest BCUT2D eigenvalue weighted by Crippen LogP contribution is -2.05. The molecule has 0 fully saturated rings. The molecule has 2 aromatic rings. The molecule has 2 aromatic carbocycles. The van der Waals surface area contributed by atoms with Gasteiger partial charge in [-0.25, -0.2) is 0 Å². The zero-order chi connectivity index (χ0) is 23.3. The topological polar surface area (TPSA) is 117 Å². The first-order chi connectivity index (χ1) is 14.0. The third-order valence-electron chi connectivity index (χ3n) is 3.20. The van der Waals surface area contributed by atoms with Gasteiger partial charge in [0.25, 0.3) is 0 Å². The predicted molar refractivity (Wildman–Crippen MR) is 117 cm³/mol. The van der Waals surface area contributed by atoms with E-state index in [1.54, 1.807) is 26.4 Å². The molecule has 8 nitrogen and oxygen atoms in total. The van der Waals surface area contributed by atoms with Crippen LogP contribution in [-0.4, -0.2) is 32.1 Å². The summed E-state index contributed by atoms with van der Waals surface area (Å²) >= 11 is 0. The number of anilines is 2. The van der Waals surface area contributed by atoms with Gasteiger partial charge in [0.15, 0.2) is 0 Å². The van der Waals surface area contributed by atoms with Gasteiger partial charge in [-0.2, -0.15) is 0 Å². The van der Waals surface area contributed by atoms with Crippen LogP contribution in [0.5, 0.6) is 11.5 Å². The number of ether oxygens (including phenoxy) is 3. The SMILES string of the molecule is CC(=O)OC(C)=O.COc1cc(C)cc(N)c1.COc1cc(C)cc(NC(C)=O)c1. The van der Waals surface area contributed by atoms with Gasteiger partial charge in [0.05, 0.1) is 14.2 Å². The highest BCUT2D eigenvalue weighted by atomic mass is 16.6. The number of nitrogens with two attached hydrogens (primary N) is 1. The fourth-order valence-corrected chi connectivity index (χ4v) is 2.24. The lowest BCUT2D eigenvalue weighted by atomic mass is 10.2. The highest BCUT2D eigenvalue weighted by Gasteiger charge is 1.99. The second kappa shape index (κ2) is 13.6. The predicted octanol–water partition coefficient (Wildman–Crippen LogP) is 3.64. The summed E-state index contributed by atoms with van der Waals surface area (Å²) in [5, 5.41) is 2.70. The van der Waals surface area contributed by atoms with E-state index in [1.165, 1.54) is 20.8 Å². The standard InChI is InChI=1S/C10H13NO2.C8H11NO.C4H6O3/c1-7-4-9(11-8(2)12)6-10(5-7)13-3;1-6-3-7(9)5-8(4-6)10-2;1-3(5)7-4(2)6/h4-6H,1-3H3,(H,11,12);3-5H,9H2,1-2H3;1-2H3. The van der Waals surface area contributed by atoms with Gasteiger partial charge in [0, 0.05) is 44.3 Å². The van der Waals surface area contributed by atoms with Crippen LogP contribution in [0.1, 0.15) is 31.9 Å². The van der Waals surface area contributed by atoms with Crippen LogP contribution in [0, 0.1) is 13.8 Å². The van der Waals surface area contributed by atoms with Crippen LogP contribution in [0.15, 0.2) is 36.4 Å². The van der Waals surface area contributed by atoms with Crippen molar-refractivity contribution in [1.82, 2.24) is 0 Å². The fraction of sp³-hybridized carbons (Fsp3) is 0.318. The van der Waals surface area contributed by atoms with E-state index in [-0.39, 0.29) is 5.91 Å². The number of carbonyl (C=O) groups is 3. The van der Waals surface area contributed by atoms with Crippen molar-refractivity contribution < 1.29 is 28.6 Å². The Kier molecular flexibility index (Phi) is 12.0. The minimum atomic E-state index is -0.562. The molecule has 0 unspecified atom stereocenters. The Hall–Kier alpha value is -3.55. The van der Waals surface area contributed by atoms with Gasteiger partial charge in [-0.1, -0.05) is 0 Å². The third kappa shape index (κ3) is 12.8. The first kappa shape index (κ1) is 26.4. The summed E-state index contributed by atoms with van der Waals surface area (Å²) < 4.78 is 14.0. The largest absolute Gasteiger partial charge is 0.497 e. The average molecular weight is 418 g/mol. The first-order valence-electron chi connectivity index (χ1n) is 9.00. The van der Waals surface area contributed by atoms with Crippen molar-refractivity contribution in [2.45, 2.75) is 34.6 Å². The molecule has 0 aliphatic rings. The van der Waals surface area contributed by atoms with Gasteiger partial charge in [-0.3, -0.25) is 14.4 Å². The number of rotatable bonds is 3. The maximum atomic E-state index is 10.8. The maximum absolute atomic E-state index is 10.8. The monoisotopic (exact) mass is 418 g/mol. The Morgan fingerprint density at radius 1 is 0.767 bits per heavy atom. The zero-order valence-electron chi connectivity index (χ0n) is 18.5. The Bertz CT molecular complexity index is 832. The molecule has 0 aliphatic heterocycles. The van der Waals surface area contributed by atoms with Crippen LogP contribution in [0.3, 0.4) is 0 Å². The summed E-state index contributed by atoms with van der Waals surface area (Å²) in [7, 11) is 3.24. The number of benzene rings is 2. The van der Waals surface area contributed by atoms with Crippen LogP contribution < -0.4 is 20.5 Å². The van der Waals surface area contributed by atoms with Crippen LogP contribution in [0.4, 0.5) is 11.4 Å². The lowest BCUT2D eigenvalue weighted by Gasteiger charge is -2.06. The summed E-state index contributed by atoms with van der Waals surface area (Å²) in [6, 6.07) is 11.2. The Morgan fingerprint density at radius 2 is 1.23 bits per heavy atom. The van der Waals surface area contributed by atoms with Gasteiger partial charge in [-0.05, 0) is 49.2 Å². The van der Waals surface area contributed by atoms with Gasteiger partial charge in [-0.15, -0.1) is 0 Å². The molecule has 30 heavy (non-hydrogen) atoms. The number of carbonyl (C=O) groups excluding carboxylic acids is 3. The molecule has 0 saturated heterocycles. The molecule has 0 heterocycles. The van der Waals surface area contributed by atoms with Gasteiger partial charge < -0.3 is 25.3 Å². The van der Waals surface area contributed by atoms with Crippen molar-refractivity contribution >= 4 is 29.2 Å². The van der Waals surface area contributed by atoms with E-state index in [9.17, 15) is 14.4 Å². The van der Waals surface area contributed by atoms with E-state index in [2.05, 4.69) is 10.1 Å². The van der Waals surface area contributed by atoms with E-state index < -0.39 is 11.9 Å². The van der Waals surface area contributed by atoms with Crippen LogP contribution in [0.2, 0.25) is 0 Å². The molecule has 0 atom stereocenters. The number of amides is 1. The second-order valence-electron chi connectivity index (χ2n) is 6.29. The van der Waals surface area contributed by atoms with Crippen LogP contribution in [-0.2, 0) is 19.1 Å². The van der Waals surface area contributed by atoms with E-state index in [4.69, 9.17) is 15.2 Å². The molecule has 0 spiro atoms. The fourth-order valence-electron chi connectivity index (χ4n) is 2.24. The van der Waals surface area contributed by atoms with Crippen LogP contribution in [0.25, 0.3) is 0 Å². The minimum Gasteiger partial charge on any atom is -0.497 e. The zero-order valence-corrected chi connectivity index (χ0v) is 18.5. The average Bonchev–Trinajstić information content (AvgIpc) is 2.59. The molecule has 0 aromatic heterocycles. The molecule has 2 rings (SSSR count). The molecular formula is C22H30N2O6. The Labute approximate surface area is 177 Å². The van der Waals surface area contributed by atoms with Crippen molar-refractivity contribution in [3.05, 3.63) is 47.5 Å². The van der Waals surface area contributed by atoms with Gasteiger partial charge >= 0.3 is 11.9 Å². The minimum absolute atomic E-state index is 0.0762. The molecular weight excluding hydrogens is 388 g/mol. The number of aryl methyl sites for hydroxylation is 2. The lowest BCUT2D eigenvalue weighted by molar-refractivity contribution is -0.156. The summed E-state index contributed by atoms with van der Waals surface area (Å²) in [6.07, 6.45) is 0. The molecule has 0 bridgehead atoms. The molecule has 1 amide bonds. The van der Waals surface area contributed by atoms with E-state index in [0.717, 1.165) is 34.0 Å². The number of hydrogen-bond acceptors (Lipinski definition) is 7. The van der Waals surface area contributed by atoms with Crippen molar-refractivity contribution in [3.8, 4) is 11.5 Å². The number of nitrogen functional groups attached to an aromatic ring is 1. The quantitative estimate of drug-likeness (QED) is 0.444. The molecule has 0 aliphatic carbocycles. The van der Waals surface area contributed by atoms with Crippen molar-refractivity contribution in [1.29, 1.82) is 0 Å². The van der Waals surface area contributed by atoms with Crippen LogP contribution >= 0.6 is 0 Å². The number of esters is 2. The number of nitrogens with one attached hydrogen (secondary N) is 1. The molecule has 164 valence electrons. The first-order valence-corrected chi connectivity index (χ1v) is 9.00. The number of methoxy groups -OCH3 is 2. The third-order valence-corrected chi connectivity index (χ3v) is 3.20. The van der Waals surface area contributed by atoms with Crippen molar-refractivity contribution in [2.24, 2.45) is 0 Å². The molecule has 8 heteroatoms. The van der Waals surface area contributed by atoms with Crippen molar-refractivity contribution in [3.63, 3.8) is 0 Å². The molecule has 3 N–H and O–H groups in total. The molecule has 0 radical (unpaired) electrons. The highest BCUT2D eigenvalue weighted by Crippen LogP contribution is 2.20. The highest BCUT2D eigenvalue weighted by molar-refractivity contribution is 5.89. The van der Waals surface area contributed by atoms with E-state index in [0.29, 0.717) is 0 Å². The van der Waals surface area contributed by atoms with Crippen molar-refractivity contribution in [2.75, 3.05) is 25.3 Å². The van der Waals surface area contributed by atoms with E-state index in [1.807, 2.05) is 38.1 Å². The normalized spacial score (nSPS) is 9.03. The number of hydrogen-bond donors (Lipinski definition) is 2. The Balaban J connectivity index is 0.000000442. The maximum Gasteiger partial charge on any atom is 0.310 e. The summed E-state index contributed by atoms with van der Waals surface area (Å²) in [5.74, 6) is 0.369. The van der Waals surface area contributed by atoms with Gasteiger partial charge in [0.2, 0.25) is 5.91 Å². The second-order valence-corrected chi connectivity index (χ2v) is 6.29. The molecule has 0 saturated carbocycles. The summed E-state index contributed by atoms with van der Waals surface area (Å²) in [4.78, 5) is 30.4. The summed E-state index contributed by atoms with van der Waals surface area (Å²) in [5.41, 5.74) is 9.25. The van der Waals surface area contributed by atoms with E-state index >= 15 is 0 Å². The Morgan fingerprint density at radius 3 is 1.60 bits per heavy atom. The summed E-state index contributed by atoms with van der Waals surface area (Å²) in [6.45, 7) is 7.78. The van der Waals surface area contributed by atoms with Gasteiger partial charge in [0.1, 0.15) is 11.5 Å².